The first-order valence-corrected chi connectivity index (χ1v) is 47.8. The number of aliphatic carboxylic acids is 3. The highest BCUT2D eigenvalue weighted by molar-refractivity contribution is 5.79. The van der Waals surface area contributed by atoms with Crippen molar-refractivity contribution in [2.45, 2.75) is 454 Å². The molecule has 0 spiro atoms. The van der Waals surface area contributed by atoms with Gasteiger partial charge in [-0.15, -0.1) is 0 Å². The predicted octanol–water partition coefficient (Wildman–Crippen LogP) is -4.52. The number of ether oxygens (including phenoxy) is 12. The molecule has 0 aliphatic carbocycles. The van der Waals surface area contributed by atoms with Crippen LogP contribution >= 0.6 is 0 Å². The van der Waals surface area contributed by atoms with Crippen molar-refractivity contribution in [1.29, 1.82) is 0 Å². The lowest BCUT2D eigenvalue weighted by atomic mass is 9.86. The van der Waals surface area contributed by atoms with E-state index >= 15 is 0 Å². The molecular formula is C89H155N5O42. The second-order valence-corrected chi connectivity index (χ2v) is 36.4. The lowest BCUT2D eigenvalue weighted by Gasteiger charge is -2.52. The number of unbranched alkanes of at least 4 members (excludes halogenated alkanes) is 25. The monoisotopic (exact) mass is 1970 g/mol. The van der Waals surface area contributed by atoms with Gasteiger partial charge in [0.15, 0.2) is 18.9 Å². The Bertz CT molecular complexity index is 3570. The summed E-state index contributed by atoms with van der Waals surface area (Å²) in [5, 5.41) is 263. The molecule has 47 heteroatoms. The van der Waals surface area contributed by atoms with E-state index < -0.39 is 326 Å². The van der Waals surface area contributed by atoms with Gasteiger partial charge in [-0.25, -0.2) is 14.4 Å². The normalized spacial score (nSPS) is 34.0. The van der Waals surface area contributed by atoms with Crippen LogP contribution in [0.5, 0.6) is 0 Å². The lowest BCUT2D eigenvalue weighted by molar-refractivity contribution is -0.402. The van der Waals surface area contributed by atoms with Crippen LogP contribution in [0.25, 0.3) is 0 Å². The Morgan fingerprint density at radius 2 is 0.765 bits per heavy atom. The van der Waals surface area contributed by atoms with Gasteiger partial charge < -0.3 is 196 Å². The van der Waals surface area contributed by atoms with E-state index in [0.29, 0.717) is 12.8 Å². The minimum absolute atomic E-state index is 0.0801. The highest BCUT2D eigenvalue weighted by atomic mass is 16.8. The van der Waals surface area contributed by atoms with E-state index in [2.05, 4.69) is 40.4 Å². The number of carboxylic acids is 3. The maximum atomic E-state index is 14.4. The first kappa shape index (κ1) is 119. The van der Waals surface area contributed by atoms with E-state index in [4.69, 9.17) is 56.8 Å². The molecule has 0 saturated carbocycles. The number of hydrogen-bond donors (Lipinski definition) is 27. The molecule has 47 nitrogen and oxygen atoms in total. The third-order valence-electron chi connectivity index (χ3n) is 25.5. The van der Waals surface area contributed by atoms with E-state index in [9.17, 15) is 151 Å². The molecule has 0 aromatic carbocycles. The van der Waals surface area contributed by atoms with Crippen LogP contribution in [0.15, 0.2) is 12.2 Å². The highest BCUT2D eigenvalue weighted by Gasteiger charge is 2.65. The maximum absolute atomic E-state index is 14.4. The van der Waals surface area contributed by atoms with Gasteiger partial charge in [0, 0.05) is 53.4 Å². The molecule has 0 unspecified atom stereocenters. The average molecular weight is 1970 g/mol. The van der Waals surface area contributed by atoms with Crippen LogP contribution in [-0.4, -0.2) is 419 Å². The summed E-state index contributed by atoms with van der Waals surface area (Å²) in [7, 11) is 0. The first-order chi connectivity index (χ1) is 64.6. The molecule has 27 N–H and O–H groups in total. The summed E-state index contributed by atoms with van der Waals surface area (Å²) < 4.78 is 71.7. The van der Waals surface area contributed by atoms with Crippen molar-refractivity contribution in [1.82, 2.24) is 26.6 Å². The van der Waals surface area contributed by atoms with Crippen molar-refractivity contribution in [2.75, 3.05) is 46.2 Å². The van der Waals surface area contributed by atoms with Gasteiger partial charge in [0.05, 0.1) is 94.8 Å². The molecule has 0 radical (unpaired) electrons. The molecule has 5 amide bonds. The molecule has 6 rings (SSSR count). The molecule has 0 aromatic rings. The van der Waals surface area contributed by atoms with Gasteiger partial charge in [-0.1, -0.05) is 180 Å². The third-order valence-corrected chi connectivity index (χ3v) is 25.5. The predicted molar refractivity (Wildman–Crippen MR) is 469 cm³/mol. The number of nitrogens with one attached hydrogen (secondary N) is 5. The fraction of sp³-hybridized carbons (Fsp3) is 0.888. The number of hydrogen-bond acceptors (Lipinski definition) is 39. The van der Waals surface area contributed by atoms with Gasteiger partial charge in [0.25, 0.3) is 17.4 Å². The largest absolute Gasteiger partial charge is 0.477 e. The van der Waals surface area contributed by atoms with E-state index in [0.717, 1.165) is 91.9 Å². The van der Waals surface area contributed by atoms with Crippen LogP contribution in [0, 0.1) is 0 Å². The van der Waals surface area contributed by atoms with E-state index in [1.807, 2.05) is 0 Å². The molecule has 788 valence electrons. The number of rotatable bonds is 63. The van der Waals surface area contributed by atoms with Crippen molar-refractivity contribution < 1.29 is 208 Å². The summed E-state index contributed by atoms with van der Waals surface area (Å²) in [6, 6.07) is -9.22. The molecule has 6 heterocycles. The topological polar surface area (TPSA) is 753 Å². The smallest absolute Gasteiger partial charge is 0.364 e. The molecule has 0 bridgehead atoms. The zero-order chi connectivity index (χ0) is 101. The lowest BCUT2D eigenvalue weighted by Crippen LogP contribution is -2.72. The number of amides is 5. The van der Waals surface area contributed by atoms with Crippen molar-refractivity contribution in [3.8, 4) is 0 Å². The number of carbonyl (C=O) groups excluding carboxylic acids is 5. The second-order valence-electron chi connectivity index (χ2n) is 36.4. The Balaban J connectivity index is 1.32. The van der Waals surface area contributed by atoms with Crippen LogP contribution in [0.4, 0.5) is 0 Å². The molecule has 35 atom stereocenters. The molecule has 0 aromatic heterocycles. The molecule has 136 heavy (non-hydrogen) atoms. The van der Waals surface area contributed by atoms with Crippen molar-refractivity contribution in [3.05, 3.63) is 12.2 Å². The van der Waals surface area contributed by atoms with E-state index in [-0.39, 0.29) is 6.42 Å². The Labute approximate surface area is 790 Å². The second kappa shape index (κ2) is 59.4. The van der Waals surface area contributed by atoms with Gasteiger partial charge in [0.1, 0.15) is 128 Å². The Morgan fingerprint density at radius 3 is 1.17 bits per heavy atom. The Hall–Kier alpha value is -5.74. The van der Waals surface area contributed by atoms with E-state index in [1.54, 1.807) is 6.08 Å². The van der Waals surface area contributed by atoms with Gasteiger partial charge in [0.2, 0.25) is 29.5 Å². The van der Waals surface area contributed by atoms with Crippen LogP contribution in [0.1, 0.15) is 241 Å². The fourth-order valence-electron chi connectivity index (χ4n) is 18.0. The highest BCUT2D eigenvalue weighted by Crippen LogP contribution is 2.44. The Kier molecular flexibility index (Phi) is 51.9. The summed E-state index contributed by atoms with van der Waals surface area (Å²) in [5.41, 5.74) is 0. The quantitative estimate of drug-likeness (QED) is 0.0202. The number of carbonyl (C=O) groups is 8. The molecule has 6 saturated heterocycles. The maximum Gasteiger partial charge on any atom is 0.364 e. The minimum Gasteiger partial charge on any atom is -0.477 e. The van der Waals surface area contributed by atoms with Crippen LogP contribution in [0.2, 0.25) is 0 Å². The number of allylic oxidation sites excluding steroid dienone is 1. The minimum atomic E-state index is -3.72. The molecular weight excluding hydrogens is 1810 g/mol. The summed E-state index contributed by atoms with van der Waals surface area (Å²) in [5.74, 6) is -22.2. The standard InChI is InChI=1S/C89H155N5O42/c1-7-9-11-13-15-17-19-21-22-24-26-28-30-32-34-36-62(110)94-51(52(105)35-33-31-29-27-25-23-20-18-16-14-12-10-8-2)46-125-82-73(117)72(116)75(60(44-99)127-82)129-83-74(118)80(76(61(45-100)128-83)130-81-66(93-50(6)104)71(115)68(112)57(41-96)126-81)136-89(86(123)124)39-55(108)65(92-49(5)103)79(135-89)70(114)59(43-98)132-88(85(121)122)38-54(107)64(91-48(4)102)78(134-88)69(113)58(42-97)131-87(84(119)120)37-53(106)63(90-47(3)101)77(133-87)67(111)56(109)40-95/h33,35,51-61,63-83,95-100,105-109,111-118H,7-32,34,36-46H2,1-6H3,(H,90,101)(H,91,102)(H,92,103)(H,93,104)(H,94,110)(H,119,120)(H,121,122)(H,123,124)/b35-33+/t51-,52+,53-,54-,55-,56+,57+,58+,59+,60+,61+,63+,64+,65+,66+,67+,68-,69+,70+,71+,72+,73+,74+,75+,76-,77+,78+,79+,80+,81-,82+,83-,87+,88+,89-/m0/s1. The number of carboxylic acid groups (broad SMARTS) is 3. The first-order valence-electron chi connectivity index (χ1n) is 47.8. The van der Waals surface area contributed by atoms with Crippen molar-refractivity contribution >= 4 is 47.4 Å². The van der Waals surface area contributed by atoms with E-state index in [1.165, 1.54) is 102 Å². The third kappa shape index (κ3) is 34.3. The average Bonchev–Trinajstić information content (AvgIpc) is 0.571. The molecule has 6 aliphatic rings. The van der Waals surface area contributed by atoms with Crippen molar-refractivity contribution in [3.63, 3.8) is 0 Å². The van der Waals surface area contributed by atoms with Gasteiger partial charge in [-0.3, -0.25) is 24.0 Å². The van der Waals surface area contributed by atoms with Gasteiger partial charge in [-0.05, 0) is 19.3 Å². The van der Waals surface area contributed by atoms with Gasteiger partial charge >= 0.3 is 17.9 Å². The van der Waals surface area contributed by atoms with Crippen molar-refractivity contribution in [2.24, 2.45) is 0 Å². The zero-order valence-corrected chi connectivity index (χ0v) is 78.5. The van der Waals surface area contributed by atoms with Crippen LogP contribution < -0.4 is 26.6 Å². The summed E-state index contributed by atoms with van der Waals surface area (Å²) in [4.78, 5) is 107. The number of aliphatic hydroxyl groups is 19. The summed E-state index contributed by atoms with van der Waals surface area (Å²) in [6.45, 7) is -0.794. The molecule has 6 aliphatic heterocycles. The van der Waals surface area contributed by atoms with Crippen LogP contribution in [0.3, 0.4) is 0 Å². The SMILES string of the molecule is CCCCCCCCCCCCC/C=C/[C@@H](O)[C@H](CO[C@@H]1O[C@H](CO)[C@@H](O[C@@H]2O[C@H](CO)[C@H](O[C@@H]3O[C@H](CO)[C@H](O)[C@H](O)[C@H]3NC(C)=O)[C@H](O[C@]3(C(=O)O)C[C@H](O)[C@@H](NC(C)=O)[C@H]([C@H](O)[C@@H](CO)O[C@]4(C(=O)O)C[C@H](O)[C@@H](NC(C)=O)[C@H]([C@H](O)[C@@H](CO)O[C@]5(C(=O)O)C[C@H](O)[C@@H](NC(C)=O)[C@H]([C@H](O)[C@H](O)CO)O5)O4)O3)[C@H]2O)[C@H](O)[C@H]1O)NC(=O)CCCCCCCCCCCCCCCCC. The van der Waals surface area contributed by atoms with Crippen LogP contribution in [-0.2, 0) is 95.2 Å². The fourth-order valence-corrected chi connectivity index (χ4v) is 18.0. The zero-order valence-electron chi connectivity index (χ0n) is 78.5. The number of aliphatic hydroxyl groups excluding tert-OH is 19. The summed E-state index contributed by atoms with van der Waals surface area (Å²) >= 11 is 0. The Morgan fingerprint density at radius 1 is 0.397 bits per heavy atom. The summed E-state index contributed by atoms with van der Waals surface area (Å²) in [6.07, 6.45) is -34.0. The molecule has 6 fully saturated rings. The van der Waals surface area contributed by atoms with Gasteiger partial charge in [-0.2, -0.15) is 0 Å².